The average Bonchev–Trinajstić information content (AvgIpc) is 2.74. The molecule has 2 aromatic carbocycles. The Morgan fingerprint density at radius 3 is 2.50 bits per heavy atom. The number of aryl methyl sites for hydroxylation is 1. The molecular formula is C18H19NO3. The maximum Gasteiger partial charge on any atom is 0.231 e. The number of amides is 1. The van der Waals surface area contributed by atoms with Crippen molar-refractivity contribution in [2.45, 2.75) is 32.6 Å². The molecule has 4 heteroatoms. The van der Waals surface area contributed by atoms with Crippen LogP contribution < -0.4 is 5.32 Å². The zero-order valence-corrected chi connectivity index (χ0v) is 12.7. The summed E-state index contributed by atoms with van der Waals surface area (Å²) in [6, 6.07) is 8.84. The Hall–Kier alpha value is -2.49. The highest BCUT2D eigenvalue weighted by Crippen LogP contribution is 2.46. The van der Waals surface area contributed by atoms with E-state index >= 15 is 0 Å². The number of phenols is 2. The fourth-order valence-electron chi connectivity index (χ4n) is 3.11. The van der Waals surface area contributed by atoms with Gasteiger partial charge in [0, 0.05) is 5.69 Å². The fourth-order valence-corrected chi connectivity index (χ4v) is 3.11. The summed E-state index contributed by atoms with van der Waals surface area (Å²) in [6.07, 6.45) is 1.74. The fraction of sp³-hybridized carbons (Fsp3) is 0.278. The van der Waals surface area contributed by atoms with Gasteiger partial charge in [-0.25, -0.2) is 0 Å². The van der Waals surface area contributed by atoms with Gasteiger partial charge in [-0.1, -0.05) is 25.5 Å². The first-order valence-electron chi connectivity index (χ1n) is 7.52. The van der Waals surface area contributed by atoms with Gasteiger partial charge < -0.3 is 15.5 Å². The minimum atomic E-state index is -0.305. The SMILES string of the molecule is CCCc1cc(O)c(-c2cccc3c2C(C)C(=O)N3)c(O)c1. The number of benzene rings is 2. The molecule has 1 amide bonds. The summed E-state index contributed by atoms with van der Waals surface area (Å²) in [5.41, 5.74) is 3.55. The maximum absolute atomic E-state index is 11.9. The molecule has 0 aliphatic carbocycles. The van der Waals surface area contributed by atoms with Crippen molar-refractivity contribution in [3.8, 4) is 22.6 Å². The quantitative estimate of drug-likeness (QED) is 0.807. The first kappa shape index (κ1) is 14.4. The van der Waals surface area contributed by atoms with E-state index in [-0.39, 0.29) is 23.3 Å². The predicted molar refractivity (Wildman–Crippen MR) is 86.2 cm³/mol. The molecule has 3 rings (SSSR count). The summed E-state index contributed by atoms with van der Waals surface area (Å²) in [5.74, 6) is -0.281. The number of rotatable bonds is 3. The summed E-state index contributed by atoms with van der Waals surface area (Å²) in [7, 11) is 0. The van der Waals surface area contributed by atoms with E-state index in [1.165, 1.54) is 0 Å². The van der Waals surface area contributed by atoms with E-state index in [9.17, 15) is 15.0 Å². The lowest BCUT2D eigenvalue weighted by Gasteiger charge is -2.14. The van der Waals surface area contributed by atoms with Gasteiger partial charge in [-0.15, -0.1) is 0 Å². The third kappa shape index (κ3) is 2.21. The molecule has 22 heavy (non-hydrogen) atoms. The van der Waals surface area contributed by atoms with E-state index in [4.69, 9.17) is 0 Å². The number of nitrogens with one attached hydrogen (secondary N) is 1. The van der Waals surface area contributed by atoms with Gasteiger partial charge in [0.1, 0.15) is 11.5 Å². The normalized spacial score (nSPS) is 16.5. The molecule has 0 radical (unpaired) electrons. The van der Waals surface area contributed by atoms with E-state index in [1.807, 2.05) is 32.0 Å². The van der Waals surface area contributed by atoms with Gasteiger partial charge in [0.15, 0.2) is 0 Å². The van der Waals surface area contributed by atoms with Crippen LogP contribution >= 0.6 is 0 Å². The number of phenolic OH excluding ortho intramolecular Hbond substituents is 2. The lowest BCUT2D eigenvalue weighted by Crippen LogP contribution is -2.08. The van der Waals surface area contributed by atoms with Crippen LogP contribution in [0.5, 0.6) is 11.5 Å². The van der Waals surface area contributed by atoms with Crippen LogP contribution in [-0.2, 0) is 11.2 Å². The Balaban J connectivity index is 2.18. The second kappa shape index (κ2) is 5.37. The molecule has 0 bridgehead atoms. The molecule has 1 aliphatic rings. The van der Waals surface area contributed by atoms with Crippen molar-refractivity contribution in [1.29, 1.82) is 0 Å². The van der Waals surface area contributed by atoms with Crippen LogP contribution in [0.25, 0.3) is 11.1 Å². The van der Waals surface area contributed by atoms with Gasteiger partial charge in [-0.05, 0) is 48.2 Å². The lowest BCUT2D eigenvalue weighted by atomic mass is 9.90. The van der Waals surface area contributed by atoms with Gasteiger partial charge in [0.25, 0.3) is 0 Å². The van der Waals surface area contributed by atoms with Crippen molar-refractivity contribution in [3.05, 3.63) is 41.5 Å². The van der Waals surface area contributed by atoms with Crippen molar-refractivity contribution in [2.75, 3.05) is 5.32 Å². The van der Waals surface area contributed by atoms with Gasteiger partial charge >= 0.3 is 0 Å². The smallest absolute Gasteiger partial charge is 0.231 e. The maximum atomic E-state index is 11.9. The van der Waals surface area contributed by atoms with Crippen LogP contribution in [0, 0.1) is 0 Å². The molecule has 3 N–H and O–H groups in total. The second-order valence-electron chi connectivity index (χ2n) is 5.74. The largest absolute Gasteiger partial charge is 0.507 e. The van der Waals surface area contributed by atoms with E-state index in [0.717, 1.165) is 29.7 Å². The number of hydrogen-bond donors (Lipinski definition) is 3. The van der Waals surface area contributed by atoms with Gasteiger partial charge in [-0.2, -0.15) is 0 Å². The van der Waals surface area contributed by atoms with E-state index in [2.05, 4.69) is 5.32 Å². The second-order valence-corrected chi connectivity index (χ2v) is 5.74. The van der Waals surface area contributed by atoms with Crippen LogP contribution in [0.1, 0.15) is 37.3 Å². The number of aromatic hydroxyl groups is 2. The van der Waals surface area contributed by atoms with Crippen LogP contribution in [0.3, 0.4) is 0 Å². The molecule has 114 valence electrons. The summed E-state index contributed by atoms with van der Waals surface area (Å²) < 4.78 is 0. The Kier molecular flexibility index (Phi) is 3.53. The minimum absolute atomic E-state index is 0.0448. The lowest BCUT2D eigenvalue weighted by molar-refractivity contribution is -0.116. The van der Waals surface area contributed by atoms with Crippen molar-refractivity contribution >= 4 is 11.6 Å². The van der Waals surface area contributed by atoms with Crippen molar-refractivity contribution < 1.29 is 15.0 Å². The highest BCUT2D eigenvalue weighted by atomic mass is 16.3. The Labute approximate surface area is 129 Å². The first-order valence-corrected chi connectivity index (χ1v) is 7.52. The molecule has 1 heterocycles. The Morgan fingerprint density at radius 1 is 1.18 bits per heavy atom. The highest BCUT2D eigenvalue weighted by molar-refractivity contribution is 6.05. The number of carbonyl (C=O) groups is 1. The molecular weight excluding hydrogens is 278 g/mol. The van der Waals surface area contributed by atoms with Crippen molar-refractivity contribution in [3.63, 3.8) is 0 Å². The predicted octanol–water partition coefficient (Wildman–Crippen LogP) is 3.77. The van der Waals surface area contributed by atoms with E-state index < -0.39 is 0 Å². The molecule has 0 aromatic heterocycles. The molecule has 0 saturated heterocycles. The average molecular weight is 297 g/mol. The molecule has 2 aromatic rings. The highest BCUT2D eigenvalue weighted by Gasteiger charge is 2.30. The van der Waals surface area contributed by atoms with Gasteiger partial charge in [0.2, 0.25) is 5.91 Å². The molecule has 1 aliphatic heterocycles. The summed E-state index contributed by atoms with van der Waals surface area (Å²) in [4.78, 5) is 11.9. The van der Waals surface area contributed by atoms with Gasteiger partial charge in [-0.3, -0.25) is 4.79 Å². The summed E-state index contributed by atoms with van der Waals surface area (Å²) in [5, 5.41) is 23.6. The molecule has 1 atom stereocenters. The number of hydrogen-bond acceptors (Lipinski definition) is 3. The van der Waals surface area contributed by atoms with Crippen molar-refractivity contribution in [2.24, 2.45) is 0 Å². The molecule has 4 nitrogen and oxygen atoms in total. The van der Waals surface area contributed by atoms with Crippen molar-refractivity contribution in [1.82, 2.24) is 0 Å². The zero-order chi connectivity index (χ0) is 15.9. The van der Waals surface area contributed by atoms with Crippen LogP contribution in [0.15, 0.2) is 30.3 Å². The summed E-state index contributed by atoms with van der Waals surface area (Å²) in [6.45, 7) is 3.87. The third-order valence-corrected chi connectivity index (χ3v) is 4.15. The molecule has 0 saturated carbocycles. The number of fused-ring (bicyclic) bond motifs is 1. The van der Waals surface area contributed by atoms with Crippen LogP contribution in [-0.4, -0.2) is 16.1 Å². The zero-order valence-electron chi connectivity index (χ0n) is 12.7. The Bertz CT molecular complexity index is 729. The molecule has 0 spiro atoms. The standard InChI is InChI=1S/C18H19NO3/c1-3-5-11-8-14(20)17(15(21)9-11)12-6-4-7-13-16(12)10(2)18(22)19-13/h4,6-10,20-21H,3,5H2,1-2H3,(H,19,22). The first-order chi connectivity index (χ1) is 10.5. The topological polar surface area (TPSA) is 69.6 Å². The van der Waals surface area contributed by atoms with Gasteiger partial charge in [0.05, 0.1) is 11.5 Å². The number of anilines is 1. The Morgan fingerprint density at radius 2 is 1.86 bits per heavy atom. The third-order valence-electron chi connectivity index (χ3n) is 4.15. The van der Waals surface area contributed by atoms with Crippen LogP contribution in [0.4, 0.5) is 5.69 Å². The van der Waals surface area contributed by atoms with E-state index in [1.54, 1.807) is 12.1 Å². The number of carbonyl (C=O) groups excluding carboxylic acids is 1. The summed E-state index contributed by atoms with van der Waals surface area (Å²) >= 11 is 0. The molecule has 1 unspecified atom stereocenters. The van der Waals surface area contributed by atoms with Crippen LogP contribution in [0.2, 0.25) is 0 Å². The monoisotopic (exact) mass is 297 g/mol. The molecule has 0 fully saturated rings. The minimum Gasteiger partial charge on any atom is -0.507 e. The van der Waals surface area contributed by atoms with E-state index in [0.29, 0.717) is 11.1 Å².